The number of hydrogen-bond acceptors (Lipinski definition) is 6. The van der Waals surface area contributed by atoms with Crippen molar-refractivity contribution in [1.29, 1.82) is 0 Å². The first-order valence-electron chi connectivity index (χ1n) is 8.43. The largest absolute Gasteiger partial charge is 4.00 e. The fourth-order valence-electron chi connectivity index (χ4n) is 2.81. The van der Waals surface area contributed by atoms with Crippen LogP contribution in [-0.4, -0.2) is 0 Å². The molecule has 0 bridgehead atoms. The zero-order chi connectivity index (χ0) is 22.9. The van der Waals surface area contributed by atoms with Crippen LogP contribution in [0.25, 0.3) is 0 Å². The first kappa shape index (κ1) is 33.6. The van der Waals surface area contributed by atoms with Crippen molar-refractivity contribution < 1.29 is 75.7 Å². The van der Waals surface area contributed by atoms with Crippen LogP contribution in [0.4, 0.5) is 0 Å². The van der Waals surface area contributed by atoms with Crippen molar-refractivity contribution in [2.45, 2.75) is 69.2 Å². The molecule has 0 aliphatic carbocycles. The summed E-state index contributed by atoms with van der Waals surface area (Å²) in [4.78, 5) is 0. The number of rotatable bonds is 0. The molecule has 0 saturated carbocycles. The second kappa shape index (κ2) is 15.7. The Morgan fingerprint density at radius 1 is 0.448 bits per heavy atom. The molecule has 0 saturated heterocycles. The average Bonchev–Trinajstić information content (AvgIpc) is 2.85. The summed E-state index contributed by atoms with van der Waals surface area (Å²) in [6.07, 6.45) is 0. The Bertz CT molecular complexity index is 508. The van der Waals surface area contributed by atoms with E-state index in [1.165, 1.54) is 55.6 Å². The topological polar surface area (TPSA) is 138 Å². The van der Waals surface area contributed by atoms with E-state index in [4.69, 9.17) is 28.0 Å². The summed E-state index contributed by atoms with van der Waals surface area (Å²) in [7, 11) is -5.70. The second-order valence-electron chi connectivity index (χ2n) is 6.63. The van der Waals surface area contributed by atoms with Gasteiger partial charge in [0, 0.05) is 0 Å². The molecule has 0 heterocycles. The molecule has 0 spiro atoms. The molecule has 29 heavy (non-hydrogen) atoms. The van der Waals surface area contributed by atoms with Gasteiger partial charge in [0.1, 0.15) is 0 Å². The van der Waals surface area contributed by atoms with Crippen LogP contribution in [0, 0.1) is 90.8 Å². The predicted molar refractivity (Wildman–Crippen MR) is 91.4 cm³/mol. The molecule has 0 aliphatic rings. The van der Waals surface area contributed by atoms with Crippen molar-refractivity contribution in [2.24, 2.45) is 0 Å². The van der Waals surface area contributed by atoms with E-state index in [1.807, 2.05) is 0 Å². The summed E-state index contributed by atoms with van der Waals surface area (Å²) in [5.74, 6) is 0. The minimum atomic E-state index is -2.85. The summed E-state index contributed by atoms with van der Waals surface area (Å²) in [5, 5.41) is 0. The van der Waals surface area contributed by atoms with E-state index in [-0.39, 0.29) is 26.2 Å². The Morgan fingerprint density at radius 3 is 0.586 bits per heavy atom. The summed E-state index contributed by atoms with van der Waals surface area (Å²) in [6, 6.07) is 0. The molecule has 0 amide bonds. The monoisotopic (exact) mass is 526 g/mol. The Morgan fingerprint density at radius 2 is 0.552 bits per heavy atom. The maximum Gasteiger partial charge on any atom is 4.00 e. The Balaban J connectivity index is -0.000000336. The predicted octanol–water partition coefficient (Wildman–Crippen LogP) is -1.24. The van der Waals surface area contributed by atoms with Crippen LogP contribution >= 0.6 is 0 Å². The van der Waals surface area contributed by atoms with E-state index in [9.17, 15) is 0 Å². The molecule has 6 nitrogen and oxygen atoms in total. The van der Waals surface area contributed by atoms with Gasteiger partial charge in [-0.1, -0.05) is 69.2 Å². The first-order valence-corrected chi connectivity index (χ1v) is 10.3. The first-order chi connectivity index (χ1) is 12.6. The van der Waals surface area contributed by atoms with Crippen LogP contribution in [0.5, 0.6) is 0 Å². The van der Waals surface area contributed by atoms with Crippen LogP contribution in [0.2, 0.25) is 0 Å². The molecule has 164 valence electrons. The van der Waals surface area contributed by atoms with Gasteiger partial charge in [-0.15, -0.1) is 0 Å². The zero-order valence-corrected chi connectivity index (χ0v) is 22.7. The van der Waals surface area contributed by atoms with Crippen molar-refractivity contribution in [3.05, 3.63) is 55.6 Å². The fraction of sp³-hybridized carbons (Fsp3) is 0.500. The average molecular weight is 529 g/mol. The van der Waals surface area contributed by atoms with Gasteiger partial charge in [0.05, 0.1) is 21.6 Å². The van der Waals surface area contributed by atoms with Gasteiger partial charge in [-0.2, -0.15) is 55.6 Å². The van der Waals surface area contributed by atoms with Gasteiger partial charge in [-0.05, 0) is 0 Å². The molecule has 2 aromatic carbocycles. The maximum atomic E-state index is 8.41. The van der Waals surface area contributed by atoms with Gasteiger partial charge >= 0.3 is 26.2 Å². The van der Waals surface area contributed by atoms with Gasteiger partial charge in [0.2, 0.25) is 0 Å². The third kappa shape index (κ3) is 11.8. The molecule has 9 heteroatoms. The van der Waals surface area contributed by atoms with Crippen LogP contribution in [0.3, 0.4) is 0 Å². The Labute approximate surface area is 199 Å². The van der Waals surface area contributed by atoms with Crippen molar-refractivity contribution in [2.75, 3.05) is 0 Å². The third-order valence-electron chi connectivity index (χ3n) is 5.62. The summed E-state index contributed by atoms with van der Waals surface area (Å²) < 4.78 is 50.4. The summed E-state index contributed by atoms with van der Waals surface area (Å²) in [6.45, 7) is 22.0. The van der Waals surface area contributed by atoms with Crippen LogP contribution in [-0.2, 0) is 26.2 Å². The van der Waals surface area contributed by atoms with E-state index in [0.29, 0.717) is 0 Å². The zero-order valence-electron chi connectivity index (χ0n) is 18.7. The van der Waals surface area contributed by atoms with E-state index in [2.05, 4.69) is 69.2 Å². The summed E-state index contributed by atoms with van der Waals surface area (Å²) >= 11 is 0. The van der Waals surface area contributed by atoms with E-state index >= 15 is 0 Å². The van der Waals surface area contributed by atoms with E-state index < -0.39 is 21.6 Å². The van der Waals surface area contributed by atoms with Crippen molar-refractivity contribution in [3.8, 4) is 0 Å². The van der Waals surface area contributed by atoms with Gasteiger partial charge in [-0.3, -0.25) is 0 Å². The third-order valence-corrected chi connectivity index (χ3v) is 5.62. The standard InChI is InChI=1S/2C10H15.2ClO3.Zr/c2*1-6-7(2)9(4)10(5)8(6)3;2*2-1(3)4;/h2*1-5H3;;;/q4*-1;+4. The normalized spacial score (nSPS) is 9.72. The van der Waals surface area contributed by atoms with Crippen LogP contribution in [0.1, 0.15) is 55.6 Å². The number of hydrogen-bond donors (Lipinski definition) is 0. The molecule has 0 N–H and O–H groups in total. The van der Waals surface area contributed by atoms with E-state index in [0.717, 1.165) is 0 Å². The molecule has 0 aromatic heterocycles. The molecule has 0 radical (unpaired) electrons. The number of halogens is 2. The second-order valence-corrected chi connectivity index (χ2v) is 7.38. The van der Waals surface area contributed by atoms with Gasteiger partial charge in [0.15, 0.2) is 0 Å². The molecule has 2 aromatic rings. The Hall–Kier alpha value is -0.0769. The molecule has 0 fully saturated rings. The van der Waals surface area contributed by atoms with Gasteiger partial charge < -0.3 is 28.0 Å². The summed E-state index contributed by atoms with van der Waals surface area (Å²) in [5.41, 5.74) is 14.7. The molecule has 0 aliphatic heterocycles. The maximum absolute atomic E-state index is 8.41. The quantitative estimate of drug-likeness (QED) is 0.392. The van der Waals surface area contributed by atoms with Crippen molar-refractivity contribution in [1.82, 2.24) is 0 Å². The van der Waals surface area contributed by atoms with Crippen LogP contribution < -0.4 is 28.0 Å². The molecule has 2 rings (SSSR count). The molecular formula is C20H30Cl2O6Zr. The van der Waals surface area contributed by atoms with Crippen LogP contribution in [0.15, 0.2) is 0 Å². The molecule has 0 unspecified atom stereocenters. The minimum absolute atomic E-state index is 0. The Kier molecular flexibility index (Phi) is 18.1. The van der Waals surface area contributed by atoms with E-state index in [1.54, 1.807) is 0 Å². The molecule has 0 atom stereocenters. The minimum Gasteiger partial charge on any atom is -0.357 e. The SMILES string of the molecule is Cc1c(C)c(C)[c-](C)c1C.Cc1c(C)c(C)[c-](C)c1C.[O-][Cl+2]([O-])[O-].[O-][Cl+2]([O-])[O-].[Zr+4]. The smallest absolute Gasteiger partial charge is 0.357 e. The van der Waals surface area contributed by atoms with Gasteiger partial charge in [-0.25, -0.2) is 0 Å². The van der Waals surface area contributed by atoms with Crippen molar-refractivity contribution in [3.63, 3.8) is 0 Å². The van der Waals surface area contributed by atoms with Gasteiger partial charge in [0.25, 0.3) is 0 Å². The van der Waals surface area contributed by atoms with Crippen molar-refractivity contribution >= 4 is 0 Å². The molecular weight excluding hydrogens is 498 g/mol. The fourth-order valence-corrected chi connectivity index (χ4v) is 2.81.